The van der Waals surface area contributed by atoms with E-state index in [1.807, 2.05) is 6.07 Å². The second-order valence-corrected chi connectivity index (χ2v) is 6.45. The van der Waals surface area contributed by atoms with Crippen LogP contribution in [0.5, 0.6) is 0 Å². The molecule has 1 heterocycles. The lowest BCUT2D eigenvalue weighted by atomic mass is 10.0. The Kier molecular flexibility index (Phi) is 4.25. The zero-order chi connectivity index (χ0) is 13.3. The minimum atomic E-state index is -0.113. The van der Waals surface area contributed by atoms with Gasteiger partial charge < -0.3 is 9.64 Å². The summed E-state index contributed by atoms with van der Waals surface area (Å²) in [4.78, 5) is 2.35. The standard InChI is InChI=1S/C14H19BrClNO/c1-10-8-17(9-14(2,3)18-10)12-5-4-11(7-15)13(16)6-12/h4-6,10H,7-9H2,1-3H3. The highest BCUT2D eigenvalue weighted by Crippen LogP contribution is 2.29. The Morgan fingerprint density at radius 1 is 1.50 bits per heavy atom. The summed E-state index contributed by atoms with van der Waals surface area (Å²) in [6.07, 6.45) is 0.239. The van der Waals surface area contributed by atoms with Crippen LogP contribution in [0.2, 0.25) is 5.02 Å². The first-order valence-electron chi connectivity index (χ1n) is 6.18. The molecule has 1 atom stereocenters. The average Bonchev–Trinajstić information content (AvgIpc) is 2.26. The van der Waals surface area contributed by atoms with Crippen LogP contribution < -0.4 is 4.90 Å². The Morgan fingerprint density at radius 3 is 2.78 bits per heavy atom. The molecule has 2 nitrogen and oxygen atoms in total. The summed E-state index contributed by atoms with van der Waals surface area (Å²) in [6, 6.07) is 6.27. The Bertz CT molecular complexity index is 436. The highest BCUT2D eigenvalue weighted by molar-refractivity contribution is 9.08. The molecule has 0 aromatic heterocycles. The lowest BCUT2D eigenvalue weighted by Gasteiger charge is -2.43. The molecule has 1 aliphatic heterocycles. The minimum Gasteiger partial charge on any atom is -0.369 e. The van der Waals surface area contributed by atoms with Gasteiger partial charge in [-0.2, -0.15) is 0 Å². The SMILES string of the molecule is CC1CN(c2ccc(CBr)c(Cl)c2)CC(C)(C)O1. The molecule has 2 rings (SSSR count). The lowest BCUT2D eigenvalue weighted by molar-refractivity contribution is -0.0749. The zero-order valence-corrected chi connectivity index (χ0v) is 13.4. The van der Waals surface area contributed by atoms with Crippen LogP contribution in [0.3, 0.4) is 0 Å². The summed E-state index contributed by atoms with van der Waals surface area (Å²) >= 11 is 9.71. The molecule has 1 fully saturated rings. The molecule has 1 unspecified atom stereocenters. The van der Waals surface area contributed by atoms with Crippen molar-refractivity contribution in [3.05, 3.63) is 28.8 Å². The smallest absolute Gasteiger partial charge is 0.0805 e. The summed E-state index contributed by atoms with van der Waals surface area (Å²) in [5, 5.41) is 1.61. The molecule has 0 bridgehead atoms. The van der Waals surface area contributed by atoms with E-state index in [0.29, 0.717) is 0 Å². The third kappa shape index (κ3) is 3.19. The molecule has 18 heavy (non-hydrogen) atoms. The van der Waals surface area contributed by atoms with Gasteiger partial charge in [-0.25, -0.2) is 0 Å². The second-order valence-electron chi connectivity index (χ2n) is 5.48. The first kappa shape index (κ1) is 14.2. The van der Waals surface area contributed by atoms with Crippen LogP contribution in [0.15, 0.2) is 18.2 Å². The number of morpholine rings is 1. The van der Waals surface area contributed by atoms with E-state index in [1.165, 1.54) is 5.69 Å². The van der Waals surface area contributed by atoms with Gasteiger partial charge >= 0.3 is 0 Å². The molecular formula is C14H19BrClNO. The van der Waals surface area contributed by atoms with Gasteiger partial charge in [0, 0.05) is 29.1 Å². The van der Waals surface area contributed by atoms with Crippen LogP contribution in [0, 0.1) is 0 Å². The highest BCUT2D eigenvalue weighted by atomic mass is 79.9. The quantitative estimate of drug-likeness (QED) is 0.751. The topological polar surface area (TPSA) is 12.5 Å². The van der Waals surface area contributed by atoms with Crippen molar-refractivity contribution in [2.75, 3.05) is 18.0 Å². The van der Waals surface area contributed by atoms with E-state index in [1.54, 1.807) is 0 Å². The van der Waals surface area contributed by atoms with Crippen LogP contribution in [-0.2, 0) is 10.1 Å². The molecule has 100 valence electrons. The number of halogens is 2. The molecule has 1 aromatic carbocycles. The molecule has 0 radical (unpaired) electrons. The first-order chi connectivity index (χ1) is 8.41. The van der Waals surface area contributed by atoms with Crippen molar-refractivity contribution in [1.29, 1.82) is 0 Å². The van der Waals surface area contributed by atoms with Crippen molar-refractivity contribution < 1.29 is 4.74 Å². The number of ether oxygens (including phenoxy) is 1. The molecule has 1 aliphatic rings. The maximum atomic E-state index is 6.27. The van der Waals surface area contributed by atoms with E-state index in [9.17, 15) is 0 Å². The third-order valence-electron chi connectivity index (χ3n) is 3.12. The number of nitrogens with zero attached hydrogens (tertiary/aromatic N) is 1. The normalized spacial score (nSPS) is 23.2. The summed E-state index contributed by atoms with van der Waals surface area (Å²) in [5.41, 5.74) is 2.19. The Labute approximate surface area is 122 Å². The van der Waals surface area contributed by atoms with E-state index in [4.69, 9.17) is 16.3 Å². The Hall–Kier alpha value is -0.250. The largest absolute Gasteiger partial charge is 0.369 e. The van der Waals surface area contributed by atoms with Crippen LogP contribution >= 0.6 is 27.5 Å². The fraction of sp³-hybridized carbons (Fsp3) is 0.571. The summed E-state index contributed by atoms with van der Waals surface area (Å²) < 4.78 is 5.92. The summed E-state index contributed by atoms with van der Waals surface area (Å²) in [5.74, 6) is 0. The van der Waals surface area contributed by atoms with Crippen molar-refractivity contribution in [2.45, 2.75) is 37.8 Å². The van der Waals surface area contributed by atoms with Crippen molar-refractivity contribution in [3.63, 3.8) is 0 Å². The van der Waals surface area contributed by atoms with Gasteiger partial charge in [-0.1, -0.05) is 33.6 Å². The monoisotopic (exact) mass is 331 g/mol. The zero-order valence-electron chi connectivity index (χ0n) is 11.0. The van der Waals surface area contributed by atoms with Gasteiger partial charge in [0.1, 0.15) is 0 Å². The van der Waals surface area contributed by atoms with Crippen molar-refractivity contribution in [2.24, 2.45) is 0 Å². The number of benzene rings is 1. The summed E-state index contributed by atoms with van der Waals surface area (Å²) in [7, 11) is 0. The molecule has 1 saturated heterocycles. The number of alkyl halides is 1. The van der Waals surface area contributed by atoms with Crippen LogP contribution in [0.1, 0.15) is 26.3 Å². The molecule has 1 aromatic rings. The fourth-order valence-electron chi connectivity index (χ4n) is 2.49. The van der Waals surface area contributed by atoms with Crippen molar-refractivity contribution in [3.8, 4) is 0 Å². The number of anilines is 1. The molecule has 0 spiro atoms. The van der Waals surface area contributed by atoms with Gasteiger partial charge in [-0.15, -0.1) is 0 Å². The van der Waals surface area contributed by atoms with Gasteiger partial charge in [-0.05, 0) is 38.5 Å². The molecule has 0 N–H and O–H groups in total. The molecule has 0 saturated carbocycles. The van der Waals surface area contributed by atoms with Crippen molar-refractivity contribution in [1.82, 2.24) is 0 Å². The lowest BCUT2D eigenvalue weighted by Crippen LogP contribution is -2.52. The van der Waals surface area contributed by atoms with E-state index in [-0.39, 0.29) is 11.7 Å². The highest BCUT2D eigenvalue weighted by Gasteiger charge is 2.31. The first-order valence-corrected chi connectivity index (χ1v) is 7.68. The maximum Gasteiger partial charge on any atom is 0.0805 e. The average molecular weight is 333 g/mol. The van der Waals surface area contributed by atoms with Crippen LogP contribution in [0.25, 0.3) is 0 Å². The second kappa shape index (κ2) is 5.40. The van der Waals surface area contributed by atoms with E-state index in [0.717, 1.165) is 29.0 Å². The van der Waals surface area contributed by atoms with Crippen molar-refractivity contribution >= 4 is 33.2 Å². The van der Waals surface area contributed by atoms with Gasteiger partial charge in [0.15, 0.2) is 0 Å². The van der Waals surface area contributed by atoms with Crippen LogP contribution in [0.4, 0.5) is 5.69 Å². The molecule has 4 heteroatoms. The number of hydrogen-bond donors (Lipinski definition) is 0. The van der Waals surface area contributed by atoms with Gasteiger partial charge in [-0.3, -0.25) is 0 Å². The molecular weight excluding hydrogens is 314 g/mol. The minimum absolute atomic E-state index is 0.113. The van der Waals surface area contributed by atoms with E-state index >= 15 is 0 Å². The predicted octanol–water partition coefficient (Wildman–Crippen LogP) is 4.24. The third-order valence-corrected chi connectivity index (χ3v) is 4.07. The van der Waals surface area contributed by atoms with E-state index < -0.39 is 0 Å². The fourth-order valence-corrected chi connectivity index (χ4v) is 3.38. The van der Waals surface area contributed by atoms with E-state index in [2.05, 4.69) is 53.7 Å². The van der Waals surface area contributed by atoms with Gasteiger partial charge in [0.2, 0.25) is 0 Å². The number of rotatable bonds is 2. The van der Waals surface area contributed by atoms with Gasteiger partial charge in [0.25, 0.3) is 0 Å². The predicted molar refractivity (Wildman–Crippen MR) is 80.9 cm³/mol. The van der Waals surface area contributed by atoms with Crippen LogP contribution in [-0.4, -0.2) is 24.8 Å². The Morgan fingerprint density at radius 2 is 2.22 bits per heavy atom. The maximum absolute atomic E-state index is 6.27. The molecule has 0 amide bonds. The summed E-state index contributed by atoms with van der Waals surface area (Å²) in [6.45, 7) is 8.17. The molecule has 0 aliphatic carbocycles. The Balaban J connectivity index is 2.23. The number of hydrogen-bond acceptors (Lipinski definition) is 2. The van der Waals surface area contributed by atoms with Gasteiger partial charge in [0.05, 0.1) is 11.7 Å².